The first-order valence-corrected chi connectivity index (χ1v) is 9.36. The van der Waals surface area contributed by atoms with E-state index in [1.165, 1.54) is 12.2 Å². The third-order valence-corrected chi connectivity index (χ3v) is 4.09. The lowest BCUT2D eigenvalue weighted by Gasteiger charge is -2.27. The zero-order valence-electron chi connectivity index (χ0n) is 19.3. The van der Waals surface area contributed by atoms with Crippen LogP contribution < -0.4 is 17.5 Å². The second-order valence-corrected chi connectivity index (χ2v) is 7.22. The molecule has 30 heavy (non-hydrogen) atoms. The average Bonchev–Trinajstić information content (AvgIpc) is 2.68. The zero-order chi connectivity index (χ0) is 23.5. The van der Waals surface area contributed by atoms with E-state index in [1.807, 2.05) is 0 Å². The summed E-state index contributed by atoms with van der Waals surface area (Å²) in [5, 5.41) is 9.14. The number of carboxylic acids is 1. The normalized spacial score (nSPS) is 9.80. The van der Waals surface area contributed by atoms with Crippen LogP contribution >= 0.6 is 0 Å². The fourth-order valence-corrected chi connectivity index (χ4v) is 1.22. The maximum Gasteiger partial charge on any atom is 0.330 e. The van der Waals surface area contributed by atoms with Crippen molar-refractivity contribution in [3.63, 3.8) is 0 Å². The van der Waals surface area contributed by atoms with Crippen LogP contribution in [0.15, 0.2) is 38.0 Å². The van der Waals surface area contributed by atoms with Crippen LogP contribution in [0.25, 0.3) is 0 Å². The number of likely N-dealkylation sites (N-methyl/N-ethyl adjacent to an activating group) is 2. The monoisotopic (exact) mass is 450 g/mol. The van der Waals surface area contributed by atoms with Crippen LogP contribution in [-0.4, -0.2) is 94.5 Å². The zero-order valence-corrected chi connectivity index (χ0v) is 20.1. The molecule has 0 aromatic heterocycles. The molecule has 176 valence electrons. The fraction of sp³-hybridized carbons (Fsp3) is 0.571. The number of carboxylic acid groups (broad SMARTS) is 1. The molecule has 0 atom stereocenters. The summed E-state index contributed by atoms with van der Waals surface area (Å²) in [6.07, 6.45) is 3.10. The van der Waals surface area contributed by atoms with Gasteiger partial charge < -0.3 is 40.7 Å². The highest BCUT2D eigenvalue weighted by atomic mass is 35.5. The average molecular weight is 451 g/mol. The molecular weight excluding hydrogens is 412 g/mol. The Kier molecular flexibility index (Phi) is 23.7. The Balaban J connectivity index is -0.000000180. The van der Waals surface area contributed by atoms with E-state index in [-0.39, 0.29) is 24.3 Å². The summed E-state index contributed by atoms with van der Waals surface area (Å²) in [7, 11) is 8.40. The summed E-state index contributed by atoms with van der Waals surface area (Å²) in [5.41, 5.74) is 0. The predicted octanol–water partition coefficient (Wildman–Crippen LogP) is -2.45. The van der Waals surface area contributed by atoms with Crippen LogP contribution in [0.4, 0.5) is 0 Å². The van der Waals surface area contributed by atoms with Gasteiger partial charge in [-0.3, -0.25) is 0 Å². The molecule has 0 bridgehead atoms. The SMILES string of the molecule is C=CC(=O)OCC[N+](C)(C)CC.C=CC(=O)OCC[N+](C)(C)CC.C=CC(=O)[O-].[Cl-]. The lowest BCUT2D eigenvalue weighted by atomic mass is 10.4. The minimum absolute atomic E-state index is 0. The number of hydrogen-bond donors (Lipinski definition) is 0. The maximum atomic E-state index is 10.6. The van der Waals surface area contributed by atoms with Crippen LogP contribution in [0, 0.1) is 0 Å². The van der Waals surface area contributed by atoms with E-state index >= 15 is 0 Å². The van der Waals surface area contributed by atoms with Gasteiger partial charge in [-0.25, -0.2) is 9.59 Å². The van der Waals surface area contributed by atoms with Gasteiger partial charge in [0.05, 0.1) is 47.2 Å². The third-order valence-electron chi connectivity index (χ3n) is 4.09. The highest BCUT2D eigenvalue weighted by Gasteiger charge is 2.12. The van der Waals surface area contributed by atoms with Crippen LogP contribution in [0.3, 0.4) is 0 Å². The highest BCUT2D eigenvalue weighted by Crippen LogP contribution is 1.96. The molecule has 8 nitrogen and oxygen atoms in total. The Morgan fingerprint density at radius 1 is 0.767 bits per heavy atom. The Labute approximate surface area is 188 Å². The minimum atomic E-state index is -1.23. The first kappa shape index (κ1) is 35.3. The number of quaternary nitrogens is 2. The lowest BCUT2D eigenvalue weighted by Crippen LogP contribution is -3.00. The molecule has 0 aliphatic heterocycles. The van der Waals surface area contributed by atoms with E-state index < -0.39 is 5.97 Å². The summed E-state index contributed by atoms with van der Waals surface area (Å²) in [6.45, 7) is 18.4. The number of carbonyl (C=O) groups excluding carboxylic acids is 3. The molecule has 0 aromatic carbocycles. The van der Waals surface area contributed by atoms with Crippen molar-refractivity contribution in [2.24, 2.45) is 0 Å². The second kappa shape index (κ2) is 20.1. The second-order valence-electron chi connectivity index (χ2n) is 7.22. The van der Waals surface area contributed by atoms with Gasteiger partial charge in [-0.2, -0.15) is 0 Å². The quantitative estimate of drug-likeness (QED) is 0.197. The van der Waals surface area contributed by atoms with Crippen molar-refractivity contribution in [2.75, 3.05) is 67.6 Å². The van der Waals surface area contributed by atoms with Gasteiger partial charge in [-0.05, 0) is 19.9 Å². The predicted molar refractivity (Wildman–Crippen MR) is 113 cm³/mol. The van der Waals surface area contributed by atoms with Gasteiger partial charge in [-0.15, -0.1) is 0 Å². The molecule has 0 fully saturated rings. The van der Waals surface area contributed by atoms with Gasteiger partial charge in [-0.1, -0.05) is 19.7 Å². The highest BCUT2D eigenvalue weighted by molar-refractivity contribution is 5.81. The molecule has 9 heteroatoms. The Bertz CT molecular complexity index is 496. The number of esters is 2. The molecule has 0 N–H and O–H groups in total. The number of rotatable bonds is 11. The molecule has 0 aromatic rings. The van der Waals surface area contributed by atoms with Crippen LogP contribution in [-0.2, 0) is 23.9 Å². The topological polar surface area (TPSA) is 92.7 Å². The molecule has 0 unspecified atom stereocenters. The molecule has 0 saturated carbocycles. The molecular formula is C21H39ClN2O6. The van der Waals surface area contributed by atoms with E-state index in [2.05, 4.69) is 61.8 Å². The summed E-state index contributed by atoms with van der Waals surface area (Å²) >= 11 is 0. The van der Waals surface area contributed by atoms with Crippen molar-refractivity contribution in [3.8, 4) is 0 Å². The summed E-state index contributed by atoms with van der Waals surface area (Å²) in [6, 6.07) is 0. The molecule has 0 aliphatic rings. The Morgan fingerprint density at radius 2 is 1.03 bits per heavy atom. The number of hydrogen-bond acceptors (Lipinski definition) is 6. The van der Waals surface area contributed by atoms with Gasteiger partial charge >= 0.3 is 11.9 Å². The molecule has 0 spiro atoms. The van der Waals surface area contributed by atoms with E-state index in [4.69, 9.17) is 19.4 Å². The number of ether oxygens (including phenoxy) is 2. The van der Waals surface area contributed by atoms with E-state index in [1.54, 1.807) is 0 Å². The Hall–Kier alpha value is -2.16. The minimum Gasteiger partial charge on any atom is -1.00 e. The fourth-order valence-electron chi connectivity index (χ4n) is 1.22. The smallest absolute Gasteiger partial charge is 0.330 e. The molecule has 0 radical (unpaired) electrons. The van der Waals surface area contributed by atoms with Crippen LogP contribution in [0.1, 0.15) is 13.8 Å². The summed E-state index contributed by atoms with van der Waals surface area (Å²) in [5.74, 6) is -1.91. The number of carbonyl (C=O) groups is 3. The lowest BCUT2D eigenvalue weighted by molar-refractivity contribution is -0.888. The van der Waals surface area contributed by atoms with E-state index in [9.17, 15) is 9.59 Å². The van der Waals surface area contributed by atoms with Crippen molar-refractivity contribution in [1.29, 1.82) is 0 Å². The van der Waals surface area contributed by atoms with E-state index in [0.29, 0.717) is 13.2 Å². The molecule has 0 saturated heterocycles. The van der Waals surface area contributed by atoms with Gasteiger partial charge in [0.1, 0.15) is 26.3 Å². The summed E-state index contributed by atoms with van der Waals surface area (Å²) < 4.78 is 11.4. The molecule has 0 rings (SSSR count). The van der Waals surface area contributed by atoms with Gasteiger partial charge in [0.15, 0.2) is 0 Å². The van der Waals surface area contributed by atoms with Crippen molar-refractivity contribution in [1.82, 2.24) is 0 Å². The number of halogens is 1. The first-order valence-electron chi connectivity index (χ1n) is 9.36. The molecule has 0 amide bonds. The standard InChI is InChI=1S/2C9H18NO2.C3H4O2.ClH/c2*1-5-9(11)12-8-7-10(3,4)6-2;1-2-3(4)5;/h2*5H,1,6-8H2,2-4H3;2H,1H2,(H,4,5);1H/q2*+1;;/p-2. The first-order chi connectivity index (χ1) is 13.3. The largest absolute Gasteiger partial charge is 1.00 e. The van der Waals surface area contributed by atoms with Crippen LogP contribution in [0.2, 0.25) is 0 Å². The van der Waals surface area contributed by atoms with E-state index in [0.717, 1.165) is 41.2 Å². The van der Waals surface area contributed by atoms with Gasteiger partial charge in [0.25, 0.3) is 0 Å². The van der Waals surface area contributed by atoms with Crippen molar-refractivity contribution in [2.45, 2.75) is 13.8 Å². The third kappa shape index (κ3) is 28.1. The van der Waals surface area contributed by atoms with Gasteiger partial charge in [0, 0.05) is 12.2 Å². The van der Waals surface area contributed by atoms with Crippen molar-refractivity contribution in [3.05, 3.63) is 38.0 Å². The Morgan fingerprint density at radius 3 is 1.20 bits per heavy atom. The number of aliphatic carboxylic acids is 1. The van der Waals surface area contributed by atoms with Crippen LogP contribution in [0.5, 0.6) is 0 Å². The van der Waals surface area contributed by atoms with Crippen molar-refractivity contribution >= 4 is 17.9 Å². The molecule has 0 heterocycles. The summed E-state index contributed by atoms with van der Waals surface area (Å²) in [4.78, 5) is 30.4. The van der Waals surface area contributed by atoms with Gasteiger partial charge in [0.2, 0.25) is 0 Å². The van der Waals surface area contributed by atoms with Crippen molar-refractivity contribution < 1.29 is 50.3 Å². The maximum absolute atomic E-state index is 10.6. The number of nitrogens with zero attached hydrogens (tertiary/aromatic N) is 2. The molecule has 0 aliphatic carbocycles.